The van der Waals surface area contributed by atoms with Crippen molar-refractivity contribution in [3.05, 3.63) is 78.5 Å². The first-order valence-corrected chi connectivity index (χ1v) is 19.7. The standard InChI is InChI=1S/C20H27N5O.C14H15ClN4O.C6H13N/c1-2-4-16(5-3-1)23-19-14-20(22-15-21-19)24-17-6-8-18(9-7-17)25-10-12-26-13-11-25;15-13-9-14(17-10-16-13)18-11-1-3-12(4-2-11)19-5-7-20-8-6-19;7-6-4-2-1-3-5-6/h6-9,14-16H,1-5,10-13H2,(H2,21,22,23,24);1-4,9-10H,5-8H2,(H,16,17,18);6H,1-5,7H2. The Morgan fingerprint density at radius 3 is 1.49 bits per heavy atom. The lowest BCUT2D eigenvalue weighted by molar-refractivity contribution is 0.122. The summed E-state index contributed by atoms with van der Waals surface area (Å²) in [6.07, 6.45) is 16.2. The zero-order chi connectivity index (χ0) is 36.5. The molecule has 8 rings (SSSR count). The van der Waals surface area contributed by atoms with E-state index in [0.717, 1.165) is 75.6 Å². The van der Waals surface area contributed by atoms with Gasteiger partial charge < -0.3 is 41.0 Å². The van der Waals surface area contributed by atoms with Gasteiger partial charge in [0.15, 0.2) is 0 Å². The van der Waals surface area contributed by atoms with Crippen molar-refractivity contribution >= 4 is 51.8 Å². The number of anilines is 7. The lowest BCUT2D eigenvalue weighted by Gasteiger charge is -2.28. The first-order valence-electron chi connectivity index (χ1n) is 19.3. The zero-order valence-corrected chi connectivity index (χ0v) is 31.5. The van der Waals surface area contributed by atoms with Crippen LogP contribution in [0.4, 0.5) is 40.2 Å². The molecule has 5 N–H and O–H groups in total. The van der Waals surface area contributed by atoms with E-state index in [1.807, 2.05) is 18.2 Å². The van der Waals surface area contributed by atoms with Crippen molar-refractivity contribution in [1.29, 1.82) is 0 Å². The summed E-state index contributed by atoms with van der Waals surface area (Å²) >= 11 is 5.83. The van der Waals surface area contributed by atoms with Crippen LogP contribution in [-0.4, -0.2) is 84.6 Å². The van der Waals surface area contributed by atoms with E-state index < -0.39 is 0 Å². The third-order valence-electron chi connectivity index (χ3n) is 9.94. The number of benzene rings is 2. The van der Waals surface area contributed by atoms with Gasteiger partial charge in [0, 0.05) is 73.1 Å². The van der Waals surface area contributed by atoms with Crippen molar-refractivity contribution < 1.29 is 9.47 Å². The van der Waals surface area contributed by atoms with Crippen LogP contribution in [0.15, 0.2) is 73.3 Å². The van der Waals surface area contributed by atoms with Gasteiger partial charge in [0.1, 0.15) is 35.3 Å². The minimum Gasteiger partial charge on any atom is -0.378 e. The number of hydrogen-bond donors (Lipinski definition) is 4. The summed E-state index contributed by atoms with van der Waals surface area (Å²) in [5.41, 5.74) is 10.1. The summed E-state index contributed by atoms with van der Waals surface area (Å²) in [5, 5.41) is 10.5. The minimum absolute atomic E-state index is 0.424. The van der Waals surface area contributed by atoms with E-state index >= 15 is 0 Å². The summed E-state index contributed by atoms with van der Waals surface area (Å²) in [4.78, 5) is 21.4. The third-order valence-corrected chi connectivity index (χ3v) is 10.1. The molecule has 4 aliphatic rings. The molecule has 0 unspecified atom stereocenters. The van der Waals surface area contributed by atoms with Crippen LogP contribution in [0.25, 0.3) is 0 Å². The van der Waals surface area contributed by atoms with Gasteiger partial charge >= 0.3 is 0 Å². The monoisotopic (exact) mass is 742 g/mol. The van der Waals surface area contributed by atoms with Gasteiger partial charge in [-0.25, -0.2) is 19.9 Å². The van der Waals surface area contributed by atoms with Crippen molar-refractivity contribution in [1.82, 2.24) is 19.9 Å². The highest BCUT2D eigenvalue weighted by Gasteiger charge is 2.15. The topological polar surface area (TPSA) is 139 Å². The summed E-state index contributed by atoms with van der Waals surface area (Å²) in [6, 6.07) is 21.5. The van der Waals surface area contributed by atoms with Crippen molar-refractivity contribution in [3.63, 3.8) is 0 Å². The summed E-state index contributed by atoms with van der Waals surface area (Å²) < 4.78 is 10.8. The van der Waals surface area contributed by atoms with Crippen LogP contribution in [-0.2, 0) is 9.47 Å². The quantitative estimate of drug-likeness (QED) is 0.131. The Morgan fingerprint density at radius 1 is 0.566 bits per heavy atom. The maximum absolute atomic E-state index is 5.83. The fourth-order valence-corrected chi connectivity index (χ4v) is 7.09. The van der Waals surface area contributed by atoms with Crippen LogP contribution in [0, 0.1) is 0 Å². The van der Waals surface area contributed by atoms with Crippen molar-refractivity contribution in [3.8, 4) is 0 Å². The van der Waals surface area contributed by atoms with Gasteiger partial charge in [0.2, 0.25) is 0 Å². The molecule has 0 amide bonds. The van der Waals surface area contributed by atoms with E-state index in [4.69, 9.17) is 26.8 Å². The molecule has 2 aromatic carbocycles. The second-order valence-electron chi connectivity index (χ2n) is 13.9. The second kappa shape index (κ2) is 20.9. The summed E-state index contributed by atoms with van der Waals surface area (Å²) in [7, 11) is 0. The van der Waals surface area contributed by atoms with E-state index in [0.29, 0.717) is 23.1 Å². The van der Waals surface area contributed by atoms with Gasteiger partial charge in [0.05, 0.1) is 26.4 Å². The zero-order valence-electron chi connectivity index (χ0n) is 30.8. The largest absolute Gasteiger partial charge is 0.378 e. The molecule has 2 aromatic heterocycles. The smallest absolute Gasteiger partial charge is 0.135 e. The Labute approximate surface area is 319 Å². The van der Waals surface area contributed by atoms with Crippen LogP contribution in [0.2, 0.25) is 5.15 Å². The van der Waals surface area contributed by atoms with Crippen molar-refractivity contribution in [2.45, 2.75) is 76.3 Å². The predicted octanol–water partition coefficient (Wildman–Crippen LogP) is 7.79. The first-order chi connectivity index (χ1) is 26.1. The van der Waals surface area contributed by atoms with Gasteiger partial charge in [-0.1, -0.05) is 50.1 Å². The predicted molar refractivity (Wildman–Crippen MR) is 216 cm³/mol. The molecule has 0 bridgehead atoms. The number of aromatic nitrogens is 4. The van der Waals surface area contributed by atoms with Crippen LogP contribution >= 0.6 is 11.6 Å². The van der Waals surface area contributed by atoms with Gasteiger partial charge in [-0.2, -0.15) is 0 Å². The molecular weight excluding hydrogens is 688 g/mol. The molecule has 0 spiro atoms. The molecule has 4 heterocycles. The van der Waals surface area contributed by atoms with E-state index in [1.165, 1.54) is 81.9 Å². The SMILES string of the molecule is Clc1cc(Nc2ccc(N3CCOCC3)cc2)ncn1.NC1CCCCC1.c1nc(Nc2ccc(N3CCOCC3)cc2)cc(NC2CCCCC2)n1. The fourth-order valence-electron chi connectivity index (χ4n) is 6.95. The van der Waals surface area contributed by atoms with Gasteiger partial charge in [-0.3, -0.25) is 0 Å². The molecule has 2 aliphatic heterocycles. The van der Waals surface area contributed by atoms with E-state index in [1.54, 1.807) is 12.4 Å². The molecule has 4 fully saturated rings. The van der Waals surface area contributed by atoms with Gasteiger partial charge in [-0.05, 0) is 74.2 Å². The second-order valence-corrected chi connectivity index (χ2v) is 14.3. The highest BCUT2D eigenvalue weighted by Crippen LogP contribution is 2.25. The Hall–Kier alpha value is -4.23. The molecule has 53 heavy (non-hydrogen) atoms. The Bertz CT molecular complexity index is 1620. The highest BCUT2D eigenvalue weighted by molar-refractivity contribution is 6.29. The van der Waals surface area contributed by atoms with Gasteiger partial charge in [0.25, 0.3) is 0 Å². The Morgan fingerprint density at radius 2 is 1.02 bits per heavy atom. The molecule has 0 atom stereocenters. The molecular formula is C40H55ClN10O2. The van der Waals surface area contributed by atoms with E-state index in [-0.39, 0.29) is 0 Å². The van der Waals surface area contributed by atoms with E-state index in [9.17, 15) is 0 Å². The number of nitrogens with one attached hydrogen (secondary N) is 3. The molecule has 2 aliphatic carbocycles. The average Bonchev–Trinajstić information content (AvgIpc) is 3.21. The van der Waals surface area contributed by atoms with Gasteiger partial charge in [-0.15, -0.1) is 0 Å². The molecule has 284 valence electrons. The molecule has 2 saturated heterocycles. The van der Waals surface area contributed by atoms with Crippen LogP contribution < -0.4 is 31.5 Å². The van der Waals surface area contributed by atoms with Crippen molar-refractivity contribution in [2.75, 3.05) is 78.4 Å². The number of hydrogen-bond acceptors (Lipinski definition) is 12. The Kier molecular flexibility index (Phi) is 15.2. The molecule has 2 saturated carbocycles. The lowest BCUT2D eigenvalue weighted by Crippen LogP contribution is -2.36. The number of rotatable bonds is 8. The molecule has 4 aromatic rings. The Balaban J connectivity index is 0.000000157. The number of ether oxygens (including phenoxy) is 2. The number of nitrogens with two attached hydrogens (primary N) is 1. The minimum atomic E-state index is 0.424. The average molecular weight is 743 g/mol. The van der Waals surface area contributed by atoms with Crippen LogP contribution in [0.1, 0.15) is 64.2 Å². The van der Waals surface area contributed by atoms with Crippen molar-refractivity contribution in [2.24, 2.45) is 5.73 Å². The number of halogens is 1. The number of morpholine rings is 2. The fraction of sp³-hybridized carbons (Fsp3) is 0.500. The molecule has 13 heteroatoms. The van der Waals surface area contributed by atoms with Crippen LogP contribution in [0.5, 0.6) is 0 Å². The highest BCUT2D eigenvalue weighted by atomic mass is 35.5. The molecule has 12 nitrogen and oxygen atoms in total. The normalized spacial score (nSPS) is 18.2. The maximum Gasteiger partial charge on any atom is 0.135 e. The van der Waals surface area contributed by atoms with Crippen LogP contribution in [0.3, 0.4) is 0 Å². The number of nitrogens with zero attached hydrogens (tertiary/aromatic N) is 6. The maximum atomic E-state index is 5.83. The summed E-state index contributed by atoms with van der Waals surface area (Å²) in [5.74, 6) is 2.40. The molecule has 0 radical (unpaired) electrons. The third kappa shape index (κ3) is 13.0. The first kappa shape index (κ1) is 38.5. The van der Waals surface area contributed by atoms with E-state index in [2.05, 4.69) is 82.1 Å². The summed E-state index contributed by atoms with van der Waals surface area (Å²) in [6.45, 7) is 6.97. The lowest BCUT2D eigenvalue weighted by atomic mass is 9.95.